The summed E-state index contributed by atoms with van der Waals surface area (Å²) < 4.78 is 31.8. The molecule has 1 fully saturated rings. The number of benzene rings is 1. The zero-order valence-corrected chi connectivity index (χ0v) is 17.1. The average molecular weight is 410 g/mol. The van der Waals surface area contributed by atoms with Crippen LogP contribution in [-0.2, 0) is 13.6 Å². The smallest absolute Gasteiger partial charge is 0.387 e. The number of anilines is 1. The Hall–Kier alpha value is -2.26. The van der Waals surface area contributed by atoms with Gasteiger partial charge in [-0.15, -0.1) is 0 Å². The van der Waals surface area contributed by atoms with Gasteiger partial charge in [0.15, 0.2) is 5.11 Å². The zero-order chi connectivity index (χ0) is 20.3. The number of aromatic nitrogens is 2. The molecule has 0 amide bonds. The number of ether oxygens (including phenoxy) is 1. The van der Waals surface area contributed by atoms with E-state index in [1.54, 1.807) is 12.1 Å². The Labute approximate surface area is 169 Å². The monoisotopic (exact) mass is 409 g/mol. The van der Waals surface area contributed by atoms with Crippen LogP contribution in [0.4, 0.5) is 14.5 Å². The molecule has 1 aliphatic heterocycles. The number of piperazine rings is 1. The first-order valence-electron chi connectivity index (χ1n) is 9.14. The minimum Gasteiger partial charge on any atom is -0.433 e. The van der Waals surface area contributed by atoms with Crippen LogP contribution in [0, 0.1) is 13.8 Å². The molecule has 0 unspecified atom stereocenters. The largest absolute Gasteiger partial charge is 0.433 e. The quantitative estimate of drug-likeness (QED) is 0.766. The number of nitrogens with zero attached hydrogens (tertiary/aromatic N) is 4. The van der Waals surface area contributed by atoms with Gasteiger partial charge in [0.25, 0.3) is 0 Å². The molecule has 0 atom stereocenters. The molecule has 2 aromatic rings. The van der Waals surface area contributed by atoms with Gasteiger partial charge in [0.2, 0.25) is 0 Å². The Morgan fingerprint density at radius 1 is 1.25 bits per heavy atom. The van der Waals surface area contributed by atoms with Crippen molar-refractivity contribution in [3.63, 3.8) is 0 Å². The molecule has 0 spiro atoms. The highest BCUT2D eigenvalue weighted by molar-refractivity contribution is 7.80. The molecule has 0 aliphatic carbocycles. The van der Waals surface area contributed by atoms with Crippen molar-refractivity contribution in [2.24, 2.45) is 7.05 Å². The van der Waals surface area contributed by atoms with Crippen molar-refractivity contribution >= 4 is 23.0 Å². The second kappa shape index (κ2) is 8.83. The summed E-state index contributed by atoms with van der Waals surface area (Å²) in [6.07, 6.45) is 2.05. The molecule has 2 heterocycles. The van der Waals surface area contributed by atoms with E-state index in [0.717, 1.165) is 44.0 Å². The lowest BCUT2D eigenvalue weighted by atomic mass is 10.2. The Bertz CT molecular complexity index is 834. The van der Waals surface area contributed by atoms with Crippen LogP contribution in [0.25, 0.3) is 0 Å². The van der Waals surface area contributed by atoms with Gasteiger partial charge in [-0.05, 0) is 43.8 Å². The van der Waals surface area contributed by atoms with Crippen molar-refractivity contribution in [3.05, 3.63) is 41.2 Å². The minimum atomic E-state index is -2.88. The predicted molar refractivity (Wildman–Crippen MR) is 109 cm³/mol. The van der Waals surface area contributed by atoms with Crippen LogP contribution in [-0.4, -0.2) is 57.5 Å². The van der Waals surface area contributed by atoms with E-state index >= 15 is 0 Å². The van der Waals surface area contributed by atoms with Gasteiger partial charge < -0.3 is 15.0 Å². The van der Waals surface area contributed by atoms with Crippen molar-refractivity contribution in [1.82, 2.24) is 19.6 Å². The third kappa shape index (κ3) is 5.17. The van der Waals surface area contributed by atoms with Crippen molar-refractivity contribution in [2.75, 3.05) is 31.5 Å². The second-order valence-electron chi connectivity index (χ2n) is 6.98. The summed E-state index contributed by atoms with van der Waals surface area (Å²) in [6.45, 7) is 5.08. The van der Waals surface area contributed by atoms with Crippen molar-refractivity contribution in [3.8, 4) is 5.75 Å². The molecule has 6 nitrogen and oxygen atoms in total. The molecular formula is C19H25F2N5OS. The van der Waals surface area contributed by atoms with Gasteiger partial charge in [0, 0.05) is 51.5 Å². The molecule has 1 aromatic carbocycles. The molecule has 0 saturated carbocycles. The number of alkyl halides is 2. The number of hydrogen-bond donors (Lipinski definition) is 1. The van der Waals surface area contributed by atoms with Gasteiger partial charge >= 0.3 is 6.61 Å². The van der Waals surface area contributed by atoms with E-state index in [1.165, 1.54) is 5.56 Å². The van der Waals surface area contributed by atoms with Crippen molar-refractivity contribution < 1.29 is 13.5 Å². The average Bonchev–Trinajstić information content (AvgIpc) is 2.94. The van der Waals surface area contributed by atoms with E-state index in [9.17, 15) is 8.78 Å². The van der Waals surface area contributed by atoms with Crippen LogP contribution >= 0.6 is 12.2 Å². The van der Waals surface area contributed by atoms with E-state index in [-0.39, 0.29) is 5.75 Å². The Morgan fingerprint density at radius 3 is 2.57 bits per heavy atom. The number of thiocarbonyl (C=S) groups is 1. The van der Waals surface area contributed by atoms with Crippen LogP contribution in [0.5, 0.6) is 5.75 Å². The summed E-state index contributed by atoms with van der Waals surface area (Å²) in [7, 11) is 1.93. The third-order valence-electron chi connectivity index (χ3n) is 4.76. The third-order valence-corrected chi connectivity index (χ3v) is 5.12. The van der Waals surface area contributed by atoms with Crippen LogP contribution in [0.1, 0.15) is 16.8 Å². The molecule has 152 valence electrons. The molecule has 0 radical (unpaired) electrons. The summed E-state index contributed by atoms with van der Waals surface area (Å²) in [5, 5.41) is 7.96. The predicted octanol–water partition coefficient (Wildman–Crippen LogP) is 3.15. The maximum Gasteiger partial charge on any atom is 0.387 e. The van der Waals surface area contributed by atoms with Crippen LogP contribution in [0.3, 0.4) is 0 Å². The van der Waals surface area contributed by atoms with Gasteiger partial charge in [-0.1, -0.05) is 6.07 Å². The molecule has 3 rings (SSSR count). The van der Waals surface area contributed by atoms with Crippen LogP contribution < -0.4 is 10.1 Å². The highest BCUT2D eigenvalue weighted by Crippen LogP contribution is 2.28. The summed E-state index contributed by atoms with van der Waals surface area (Å²) >= 11 is 5.49. The first kappa shape index (κ1) is 20.5. The summed E-state index contributed by atoms with van der Waals surface area (Å²) in [5.41, 5.74) is 3.56. The lowest BCUT2D eigenvalue weighted by Gasteiger charge is -2.36. The Morgan fingerprint density at radius 2 is 1.96 bits per heavy atom. The standard InChI is InChI=1S/C19H25F2N5OS/c1-13-4-5-16(17(10-13)27-18(20)21)22-19(28)26-8-6-25(7-9-26)12-15-11-24(3)23-14(15)2/h4-5,10-11,18H,6-9,12H2,1-3H3,(H,22,28). The molecular weight excluding hydrogens is 384 g/mol. The maximum absolute atomic E-state index is 12.7. The number of rotatable bonds is 5. The molecule has 1 saturated heterocycles. The fourth-order valence-corrected chi connectivity index (χ4v) is 3.57. The zero-order valence-electron chi connectivity index (χ0n) is 16.3. The first-order valence-corrected chi connectivity index (χ1v) is 9.55. The molecule has 0 bridgehead atoms. The lowest BCUT2D eigenvalue weighted by Crippen LogP contribution is -2.49. The lowest BCUT2D eigenvalue weighted by molar-refractivity contribution is -0.0493. The molecule has 1 aliphatic rings. The van der Waals surface area contributed by atoms with E-state index in [1.807, 2.05) is 36.5 Å². The maximum atomic E-state index is 12.7. The van der Waals surface area contributed by atoms with Gasteiger partial charge in [0.05, 0.1) is 11.4 Å². The molecule has 1 N–H and O–H groups in total. The molecule has 9 heteroatoms. The van der Waals surface area contributed by atoms with Gasteiger partial charge in [-0.2, -0.15) is 13.9 Å². The summed E-state index contributed by atoms with van der Waals surface area (Å²) in [6, 6.07) is 5.11. The number of halogens is 2. The fraction of sp³-hybridized carbons (Fsp3) is 0.474. The van der Waals surface area contributed by atoms with Crippen molar-refractivity contribution in [2.45, 2.75) is 27.0 Å². The number of nitrogens with one attached hydrogen (secondary N) is 1. The first-order chi connectivity index (χ1) is 13.3. The second-order valence-corrected chi connectivity index (χ2v) is 7.37. The fourth-order valence-electron chi connectivity index (χ4n) is 3.27. The van der Waals surface area contributed by atoms with Gasteiger partial charge in [-0.3, -0.25) is 9.58 Å². The molecule has 28 heavy (non-hydrogen) atoms. The summed E-state index contributed by atoms with van der Waals surface area (Å²) in [4.78, 5) is 4.41. The Balaban J connectivity index is 1.56. The highest BCUT2D eigenvalue weighted by atomic mass is 32.1. The van der Waals surface area contributed by atoms with Gasteiger partial charge in [-0.25, -0.2) is 0 Å². The van der Waals surface area contributed by atoms with E-state index in [2.05, 4.69) is 26.2 Å². The highest BCUT2D eigenvalue weighted by Gasteiger charge is 2.21. The molecule has 1 aromatic heterocycles. The Kier molecular flexibility index (Phi) is 6.46. The van der Waals surface area contributed by atoms with Crippen molar-refractivity contribution in [1.29, 1.82) is 0 Å². The number of aryl methyl sites for hydroxylation is 3. The van der Waals surface area contributed by atoms with Gasteiger partial charge in [0.1, 0.15) is 5.75 Å². The minimum absolute atomic E-state index is 0.100. The topological polar surface area (TPSA) is 45.6 Å². The van der Waals surface area contributed by atoms with Crippen LogP contribution in [0.15, 0.2) is 24.4 Å². The van der Waals surface area contributed by atoms with E-state index in [0.29, 0.717) is 10.8 Å². The normalized spacial score (nSPS) is 15.1. The van der Waals surface area contributed by atoms with Crippen LogP contribution in [0.2, 0.25) is 0 Å². The van der Waals surface area contributed by atoms with E-state index < -0.39 is 6.61 Å². The summed E-state index contributed by atoms with van der Waals surface area (Å²) in [5.74, 6) is 0.100. The van der Waals surface area contributed by atoms with E-state index in [4.69, 9.17) is 12.2 Å². The SMILES string of the molecule is Cc1ccc(NC(=S)N2CCN(Cc3cn(C)nc3C)CC2)c(OC(F)F)c1. The number of hydrogen-bond acceptors (Lipinski definition) is 4.